The Kier molecular flexibility index (Phi) is 39.2. The maximum absolute atomic E-state index is 15.6. The fourth-order valence-electron chi connectivity index (χ4n) is 8.33. The summed E-state index contributed by atoms with van der Waals surface area (Å²) in [6.07, 6.45) is -9.45. The summed E-state index contributed by atoms with van der Waals surface area (Å²) in [5.41, 5.74) is -2.34. The number of aliphatic hydroxyl groups is 15. The molecule has 0 aliphatic heterocycles. The Hall–Kier alpha value is -1.14. The highest BCUT2D eigenvalue weighted by Crippen LogP contribution is 2.40. The van der Waals surface area contributed by atoms with Gasteiger partial charge in [-0.2, -0.15) is 0 Å². The van der Waals surface area contributed by atoms with Gasteiger partial charge in [0.15, 0.2) is 0 Å². The van der Waals surface area contributed by atoms with E-state index in [2.05, 4.69) is 26.6 Å². The lowest BCUT2D eigenvalue weighted by Gasteiger charge is -2.30. The summed E-state index contributed by atoms with van der Waals surface area (Å²) in [4.78, 5) is 131. The molecule has 0 bridgehead atoms. The van der Waals surface area contributed by atoms with Crippen molar-refractivity contribution < 1.29 is 120 Å². The molecule has 42 heteroatoms. The molecule has 524 valence electrons. The molecule has 0 fully saturated rings. The van der Waals surface area contributed by atoms with Crippen LogP contribution in [0.1, 0.15) is 62.1 Å². The van der Waals surface area contributed by atoms with E-state index in [4.69, 9.17) is 0 Å². The van der Waals surface area contributed by atoms with Crippen LogP contribution in [-0.2, 0) is 14.4 Å². The smallest absolute Gasteiger partial charge is 0.256 e. The van der Waals surface area contributed by atoms with Gasteiger partial charge in [0.25, 0.3) is 35.4 Å². The van der Waals surface area contributed by atoms with Crippen LogP contribution >= 0.6 is 203 Å². The van der Waals surface area contributed by atoms with Gasteiger partial charge in [0, 0.05) is 76.2 Å². The number of rotatable bonds is 36. The highest BCUT2D eigenvalue weighted by Gasteiger charge is 2.37. The van der Waals surface area contributed by atoms with Gasteiger partial charge < -0.3 is 123 Å². The van der Waals surface area contributed by atoms with E-state index in [0.29, 0.717) is 0 Å². The zero-order valence-electron chi connectivity index (χ0n) is 48.5. The molecule has 3 aromatic carbocycles. The van der Waals surface area contributed by atoms with E-state index in [1.165, 1.54) is 0 Å². The fourth-order valence-corrected chi connectivity index (χ4v) is 21.5. The van der Waals surface area contributed by atoms with E-state index >= 15 is 4.79 Å². The number of carbonyl (C=O) groups excluding carboxylic acids is 9. The number of benzene rings is 3. The first-order valence-corrected chi connectivity index (χ1v) is 36.7. The van der Waals surface area contributed by atoms with E-state index in [1.54, 1.807) is 203 Å². The molecule has 0 saturated heterocycles. The van der Waals surface area contributed by atoms with Crippen LogP contribution < -0.4 is 26.6 Å². The predicted molar refractivity (Wildman–Crippen MR) is 408 cm³/mol. The number of carbonyl (C=O) groups is 9. The number of halogens is 9. The highest BCUT2D eigenvalue weighted by atomic mass is 127. The molecule has 33 nitrogen and oxygen atoms in total. The average molecular weight is 2340 g/mol. The van der Waals surface area contributed by atoms with Crippen molar-refractivity contribution in [3.63, 3.8) is 0 Å². The summed E-state index contributed by atoms with van der Waals surface area (Å²) in [7, 11) is 0. The second kappa shape index (κ2) is 42.3. The number of hydrogen-bond donors (Lipinski definition) is 20. The van der Waals surface area contributed by atoms with Gasteiger partial charge in [0.1, 0.15) is 19.8 Å². The van der Waals surface area contributed by atoms with Gasteiger partial charge in [0.2, 0.25) is 17.7 Å². The van der Waals surface area contributed by atoms with Gasteiger partial charge in [-0.25, -0.2) is 0 Å². The first-order chi connectivity index (χ1) is 44.2. The lowest BCUT2D eigenvalue weighted by atomic mass is 10.1. The molecular weight excluding hydrogens is 2280 g/mol. The van der Waals surface area contributed by atoms with E-state index in [0.717, 1.165) is 19.6 Å². The van der Waals surface area contributed by atoms with Crippen molar-refractivity contribution in [3.8, 4) is 0 Å². The molecule has 0 heterocycles. The Morgan fingerprint density at radius 1 is 0.298 bits per heavy atom. The lowest BCUT2D eigenvalue weighted by Crippen LogP contribution is -2.45. The number of aliphatic hydroxyl groups excluding tert-OH is 15. The normalized spacial score (nSPS) is 13.2. The largest absolute Gasteiger partial charge is 0.394 e. The summed E-state index contributed by atoms with van der Waals surface area (Å²) >= 11 is 15.2. The lowest BCUT2D eigenvalue weighted by molar-refractivity contribution is -0.119. The molecule has 3 aromatic rings. The minimum atomic E-state index is -1.60. The monoisotopic (exact) mass is 2340 g/mol. The maximum atomic E-state index is 15.6. The van der Waals surface area contributed by atoms with E-state index in [1.807, 2.05) is 0 Å². The van der Waals surface area contributed by atoms with Crippen LogP contribution in [-0.4, -0.2) is 311 Å². The molecule has 6 atom stereocenters. The SMILES string of the molecule is O=C(CO)Nc1c(I)c(C(=O)NCCN(CCNC(=O)c2c(I)c(NC(=O)CO)c(I)c(C(=O)N(CC(O)CO)CC(O)CO)c2I)C(=O)c2c(I)c(NC(=O)CO)c(I)c(C(=O)N(CC(O)CO)CC(O)CO)c2I)c(I)c(C(=O)N(CC(O)CO)CC(O)CO)c1I. The van der Waals surface area contributed by atoms with Crippen molar-refractivity contribution in [3.05, 3.63) is 65.5 Å². The molecular formula is C52H64I9N9O24. The van der Waals surface area contributed by atoms with Crippen LogP contribution in [0.3, 0.4) is 0 Å². The Morgan fingerprint density at radius 2 is 0.489 bits per heavy atom. The van der Waals surface area contributed by atoms with Gasteiger partial charge in [0.05, 0.1) is 148 Å². The summed E-state index contributed by atoms with van der Waals surface area (Å²) in [5.74, 6) is -8.88. The van der Waals surface area contributed by atoms with Crippen LogP contribution in [0.5, 0.6) is 0 Å². The first kappa shape index (κ1) is 87.1. The minimum absolute atomic E-state index is 0.00181. The van der Waals surface area contributed by atoms with Crippen molar-refractivity contribution in [2.24, 2.45) is 0 Å². The first-order valence-electron chi connectivity index (χ1n) is 27.0. The second-order valence-electron chi connectivity index (χ2n) is 19.8. The second-order valence-corrected chi connectivity index (χ2v) is 29.5. The summed E-state index contributed by atoms with van der Waals surface area (Å²) in [6, 6.07) is 0. The molecule has 0 aliphatic rings. The summed E-state index contributed by atoms with van der Waals surface area (Å²) < 4.78 is -0.395. The number of anilines is 3. The average Bonchev–Trinajstić information content (AvgIpc) is 0.778. The summed E-state index contributed by atoms with van der Waals surface area (Å²) in [5, 5.41) is 163. The zero-order chi connectivity index (χ0) is 71.3. The van der Waals surface area contributed by atoms with Gasteiger partial charge >= 0.3 is 0 Å². The molecule has 6 unspecified atom stereocenters. The Labute approximate surface area is 657 Å². The van der Waals surface area contributed by atoms with E-state index in [-0.39, 0.29) is 82.6 Å². The molecule has 9 amide bonds. The molecule has 0 aliphatic carbocycles. The van der Waals surface area contributed by atoms with Crippen molar-refractivity contribution in [1.82, 2.24) is 30.2 Å². The van der Waals surface area contributed by atoms with Crippen LogP contribution in [0.15, 0.2) is 0 Å². The molecule has 0 radical (unpaired) electrons. The van der Waals surface area contributed by atoms with Gasteiger partial charge in [-0.3, -0.25) is 43.2 Å². The van der Waals surface area contributed by atoms with E-state index in [9.17, 15) is 115 Å². The van der Waals surface area contributed by atoms with Crippen molar-refractivity contribution >= 4 is 274 Å². The number of hydrogen-bond acceptors (Lipinski definition) is 24. The van der Waals surface area contributed by atoms with Crippen molar-refractivity contribution in [2.75, 3.05) is 141 Å². The van der Waals surface area contributed by atoms with Gasteiger partial charge in [-0.15, -0.1) is 0 Å². The quantitative estimate of drug-likeness (QED) is 0.0253. The van der Waals surface area contributed by atoms with E-state index < -0.39 is 215 Å². The van der Waals surface area contributed by atoms with Crippen LogP contribution in [0, 0.1) is 32.1 Å². The zero-order valence-corrected chi connectivity index (χ0v) is 67.9. The van der Waals surface area contributed by atoms with Gasteiger partial charge in [-0.05, 0) is 203 Å². The van der Waals surface area contributed by atoms with Crippen LogP contribution in [0.25, 0.3) is 0 Å². The molecule has 3 rings (SSSR count). The number of amides is 9. The Morgan fingerprint density at radius 3 is 0.691 bits per heavy atom. The number of nitrogens with zero attached hydrogens (tertiary/aromatic N) is 4. The molecule has 0 spiro atoms. The van der Waals surface area contributed by atoms with Crippen molar-refractivity contribution in [1.29, 1.82) is 0 Å². The molecule has 20 N–H and O–H groups in total. The predicted octanol–water partition coefficient (Wildman–Crippen LogP) is -3.33. The Bertz CT molecular complexity index is 3100. The van der Waals surface area contributed by atoms with Crippen molar-refractivity contribution in [2.45, 2.75) is 36.6 Å². The fraction of sp³-hybridized carbons (Fsp3) is 0.481. The summed E-state index contributed by atoms with van der Waals surface area (Å²) in [6.45, 7) is -14.1. The standard InChI is InChI=1S/C52H64I9N9O24/c53-35-29(38(56)44(64-26(86)17-77)40(58)31(35)50(92)68(5-20(80)11-71)6-21(81)12-72)47(89)62-1-3-67(49(91)33-37(55)34(43(61)46(42(33)60)66-28(88)19-79)52(94)70(9-24(84)15-75)10-25(85)16-76)4-2-63-48(90)30-36(54)32(41(59)45(39(30)57)65-27(87)18-78)51(93)69(7-22(82)13-73)8-23(83)14-74/h20-25,71-85H,1-19H2,(H,62,89)(H,63,90)(H,64,86)(H,65,87)(H,66,88). The van der Waals surface area contributed by atoms with Gasteiger partial charge in [-0.1, -0.05) is 0 Å². The van der Waals surface area contributed by atoms with Crippen LogP contribution in [0.2, 0.25) is 0 Å². The van der Waals surface area contributed by atoms with Crippen LogP contribution in [0.4, 0.5) is 17.1 Å². The molecule has 0 saturated carbocycles. The minimum Gasteiger partial charge on any atom is -0.394 e. The third-order valence-electron chi connectivity index (χ3n) is 12.8. The highest BCUT2D eigenvalue weighted by molar-refractivity contribution is 14.1. The third kappa shape index (κ3) is 23.5. The third-order valence-corrected chi connectivity index (χ3v) is 22.5. The Balaban J connectivity index is 2.43. The number of nitrogens with one attached hydrogen (secondary N) is 5. The molecule has 94 heavy (non-hydrogen) atoms. The topological polar surface area (TPSA) is 530 Å². The molecule has 0 aromatic heterocycles. The maximum Gasteiger partial charge on any atom is 0.256 e.